The second-order valence-electron chi connectivity index (χ2n) is 5.60. The number of amides is 1. The van der Waals surface area contributed by atoms with Crippen LogP contribution in [0.2, 0.25) is 5.02 Å². The van der Waals surface area contributed by atoms with Gasteiger partial charge < -0.3 is 5.32 Å². The summed E-state index contributed by atoms with van der Waals surface area (Å²) in [4.78, 5) is 12.2. The molecule has 27 heavy (non-hydrogen) atoms. The number of carbonyl (C=O) groups is 1. The molecule has 0 fully saturated rings. The van der Waals surface area contributed by atoms with Crippen molar-refractivity contribution >= 4 is 38.9 Å². The van der Waals surface area contributed by atoms with Gasteiger partial charge in [-0.2, -0.15) is 0 Å². The summed E-state index contributed by atoms with van der Waals surface area (Å²) in [5.74, 6) is -0.947. The summed E-state index contributed by atoms with van der Waals surface area (Å²) in [6, 6.07) is 17.1. The van der Waals surface area contributed by atoms with Crippen molar-refractivity contribution in [2.75, 3.05) is 10.0 Å². The van der Waals surface area contributed by atoms with E-state index < -0.39 is 21.7 Å². The van der Waals surface area contributed by atoms with Gasteiger partial charge in [0, 0.05) is 22.0 Å². The minimum absolute atomic E-state index is 0.000226. The Labute approximate surface area is 160 Å². The quantitative estimate of drug-likeness (QED) is 0.655. The van der Waals surface area contributed by atoms with E-state index in [1.165, 1.54) is 42.5 Å². The smallest absolute Gasteiger partial charge is 0.261 e. The van der Waals surface area contributed by atoms with E-state index >= 15 is 0 Å². The summed E-state index contributed by atoms with van der Waals surface area (Å²) in [6.45, 7) is 0. The van der Waals surface area contributed by atoms with Crippen LogP contribution < -0.4 is 10.0 Å². The number of sulfonamides is 1. The van der Waals surface area contributed by atoms with Gasteiger partial charge in [0.25, 0.3) is 15.9 Å². The summed E-state index contributed by atoms with van der Waals surface area (Å²) < 4.78 is 40.4. The normalized spacial score (nSPS) is 11.0. The fourth-order valence-electron chi connectivity index (χ4n) is 2.29. The second-order valence-corrected chi connectivity index (χ2v) is 7.72. The van der Waals surface area contributed by atoms with Gasteiger partial charge in [-0.3, -0.25) is 9.52 Å². The van der Waals surface area contributed by atoms with Gasteiger partial charge in [-0.05, 0) is 66.7 Å². The molecule has 0 aromatic heterocycles. The Morgan fingerprint density at radius 1 is 0.889 bits per heavy atom. The third-order valence-corrected chi connectivity index (χ3v) is 5.25. The highest BCUT2D eigenvalue weighted by Gasteiger charge is 2.15. The van der Waals surface area contributed by atoms with Gasteiger partial charge >= 0.3 is 0 Å². The van der Waals surface area contributed by atoms with Crippen LogP contribution in [0.5, 0.6) is 0 Å². The average molecular weight is 405 g/mol. The molecule has 0 bridgehead atoms. The van der Waals surface area contributed by atoms with E-state index in [9.17, 15) is 17.6 Å². The fourth-order valence-corrected chi connectivity index (χ4v) is 3.47. The lowest BCUT2D eigenvalue weighted by atomic mass is 10.2. The summed E-state index contributed by atoms with van der Waals surface area (Å²) in [5, 5.41) is 3.04. The van der Waals surface area contributed by atoms with Crippen LogP contribution in [-0.2, 0) is 10.0 Å². The Balaban J connectivity index is 1.73. The lowest BCUT2D eigenvalue weighted by Crippen LogP contribution is -2.14. The molecule has 0 aliphatic carbocycles. The van der Waals surface area contributed by atoms with E-state index in [0.717, 1.165) is 0 Å². The van der Waals surface area contributed by atoms with Gasteiger partial charge in [0.15, 0.2) is 0 Å². The van der Waals surface area contributed by atoms with Crippen LogP contribution in [0.1, 0.15) is 10.4 Å². The van der Waals surface area contributed by atoms with Crippen LogP contribution in [0.4, 0.5) is 15.8 Å². The van der Waals surface area contributed by atoms with Crippen molar-refractivity contribution in [2.45, 2.75) is 4.90 Å². The molecule has 0 saturated carbocycles. The van der Waals surface area contributed by atoms with Crippen LogP contribution in [0.25, 0.3) is 0 Å². The third-order valence-electron chi connectivity index (χ3n) is 3.61. The molecule has 0 spiro atoms. The topological polar surface area (TPSA) is 75.3 Å². The predicted octanol–water partition coefficient (Wildman–Crippen LogP) is 4.53. The van der Waals surface area contributed by atoms with Crippen LogP contribution in [0.3, 0.4) is 0 Å². The standard InChI is InChI=1S/C19H14ClFN2O3S/c20-14-6-8-16(9-7-14)23-27(25,26)18-10-4-13(5-11-18)19(24)22-17-3-1-2-15(21)12-17/h1-12,23H,(H,22,24). The molecule has 3 aromatic carbocycles. The van der Waals surface area contributed by atoms with Crippen molar-refractivity contribution in [2.24, 2.45) is 0 Å². The van der Waals surface area contributed by atoms with Crippen LogP contribution >= 0.6 is 11.6 Å². The summed E-state index contributed by atoms with van der Waals surface area (Å²) >= 11 is 5.78. The van der Waals surface area contributed by atoms with Gasteiger partial charge in [-0.25, -0.2) is 12.8 Å². The number of rotatable bonds is 5. The lowest BCUT2D eigenvalue weighted by Gasteiger charge is -2.09. The Kier molecular flexibility index (Phi) is 5.43. The molecule has 3 aromatic rings. The largest absolute Gasteiger partial charge is 0.322 e. The molecule has 2 N–H and O–H groups in total. The van der Waals surface area contributed by atoms with Crippen molar-refractivity contribution in [1.82, 2.24) is 0 Å². The SMILES string of the molecule is O=C(Nc1cccc(F)c1)c1ccc(S(=O)(=O)Nc2ccc(Cl)cc2)cc1. The zero-order valence-corrected chi connectivity index (χ0v) is 15.4. The minimum Gasteiger partial charge on any atom is -0.322 e. The minimum atomic E-state index is -3.81. The summed E-state index contributed by atoms with van der Waals surface area (Å²) in [7, 11) is -3.81. The first kappa shape index (κ1) is 18.9. The van der Waals surface area contributed by atoms with E-state index in [0.29, 0.717) is 16.4 Å². The van der Waals surface area contributed by atoms with Gasteiger partial charge in [-0.1, -0.05) is 17.7 Å². The van der Waals surface area contributed by atoms with Crippen LogP contribution in [-0.4, -0.2) is 14.3 Å². The van der Waals surface area contributed by atoms with Crippen molar-refractivity contribution in [3.05, 3.63) is 89.2 Å². The van der Waals surface area contributed by atoms with Gasteiger partial charge in [0.1, 0.15) is 5.82 Å². The molecule has 0 unspecified atom stereocenters. The molecule has 0 aliphatic heterocycles. The molecule has 138 valence electrons. The molecule has 0 radical (unpaired) electrons. The van der Waals surface area contributed by atoms with Crippen molar-refractivity contribution in [3.63, 3.8) is 0 Å². The van der Waals surface area contributed by atoms with Crippen molar-refractivity contribution < 1.29 is 17.6 Å². The summed E-state index contributed by atoms with van der Waals surface area (Å²) in [5.41, 5.74) is 0.915. The van der Waals surface area contributed by atoms with Crippen molar-refractivity contribution in [3.8, 4) is 0 Å². The highest BCUT2D eigenvalue weighted by Crippen LogP contribution is 2.19. The Morgan fingerprint density at radius 3 is 2.19 bits per heavy atom. The average Bonchev–Trinajstić information content (AvgIpc) is 2.63. The molecule has 0 saturated heterocycles. The van der Waals surface area contributed by atoms with E-state index in [1.54, 1.807) is 30.3 Å². The van der Waals surface area contributed by atoms with E-state index in [4.69, 9.17) is 11.6 Å². The van der Waals surface area contributed by atoms with Gasteiger partial charge in [0.05, 0.1) is 4.90 Å². The Hall–Kier alpha value is -2.90. The van der Waals surface area contributed by atoms with E-state index in [2.05, 4.69) is 10.0 Å². The molecular weight excluding hydrogens is 391 g/mol. The zero-order valence-electron chi connectivity index (χ0n) is 13.8. The first-order valence-electron chi connectivity index (χ1n) is 7.79. The lowest BCUT2D eigenvalue weighted by molar-refractivity contribution is 0.102. The molecular formula is C19H14ClFN2O3S. The van der Waals surface area contributed by atoms with Crippen molar-refractivity contribution in [1.29, 1.82) is 0 Å². The molecule has 1 amide bonds. The molecule has 0 atom stereocenters. The second kappa shape index (κ2) is 7.77. The Bertz CT molecular complexity index is 1070. The zero-order chi connectivity index (χ0) is 19.4. The van der Waals surface area contributed by atoms with Crippen LogP contribution in [0.15, 0.2) is 77.7 Å². The number of carbonyl (C=O) groups excluding carboxylic acids is 1. The highest BCUT2D eigenvalue weighted by atomic mass is 35.5. The first-order chi connectivity index (χ1) is 12.8. The number of nitrogens with one attached hydrogen (secondary N) is 2. The number of hydrogen-bond donors (Lipinski definition) is 2. The first-order valence-corrected chi connectivity index (χ1v) is 9.65. The van der Waals surface area contributed by atoms with E-state index in [-0.39, 0.29) is 10.5 Å². The third kappa shape index (κ3) is 4.84. The van der Waals surface area contributed by atoms with Gasteiger partial charge in [0.2, 0.25) is 0 Å². The predicted molar refractivity (Wildman–Crippen MR) is 103 cm³/mol. The van der Waals surface area contributed by atoms with E-state index in [1.807, 2.05) is 0 Å². The molecule has 0 aliphatic rings. The molecule has 5 nitrogen and oxygen atoms in total. The number of halogens is 2. The fraction of sp³-hybridized carbons (Fsp3) is 0. The molecule has 3 rings (SSSR count). The number of anilines is 2. The highest BCUT2D eigenvalue weighted by molar-refractivity contribution is 7.92. The monoisotopic (exact) mass is 404 g/mol. The summed E-state index contributed by atoms with van der Waals surface area (Å²) in [6.07, 6.45) is 0. The van der Waals surface area contributed by atoms with Gasteiger partial charge in [-0.15, -0.1) is 0 Å². The number of benzene rings is 3. The molecule has 0 heterocycles. The maximum absolute atomic E-state index is 13.2. The maximum atomic E-state index is 13.2. The van der Waals surface area contributed by atoms with Crippen LogP contribution in [0, 0.1) is 5.82 Å². The maximum Gasteiger partial charge on any atom is 0.261 e. The molecule has 8 heteroatoms. The Morgan fingerprint density at radius 2 is 1.56 bits per heavy atom. The number of hydrogen-bond acceptors (Lipinski definition) is 3.